The standard InChI is InChI=1S/C18H16O3S/c1-3-14-15-9-6-12(19)10-16(15)22-18(14)17(20)11-4-7-13(21-2)8-5-11/h4-10,19H,3H2,1-2H3. The monoisotopic (exact) mass is 312 g/mol. The van der Waals surface area contributed by atoms with Gasteiger partial charge >= 0.3 is 0 Å². The van der Waals surface area contributed by atoms with Crippen molar-refractivity contribution in [3.05, 3.63) is 58.5 Å². The Balaban J connectivity index is 2.09. The van der Waals surface area contributed by atoms with Gasteiger partial charge in [-0.1, -0.05) is 6.92 Å². The third kappa shape index (κ3) is 2.46. The zero-order chi connectivity index (χ0) is 15.7. The Morgan fingerprint density at radius 3 is 2.55 bits per heavy atom. The molecule has 2 aromatic carbocycles. The van der Waals surface area contributed by atoms with Crippen LogP contribution in [0.2, 0.25) is 0 Å². The van der Waals surface area contributed by atoms with Crippen molar-refractivity contribution in [1.29, 1.82) is 0 Å². The molecular formula is C18H16O3S. The smallest absolute Gasteiger partial charge is 0.203 e. The third-order valence-electron chi connectivity index (χ3n) is 3.69. The van der Waals surface area contributed by atoms with Gasteiger partial charge in [-0.3, -0.25) is 4.79 Å². The zero-order valence-electron chi connectivity index (χ0n) is 12.4. The average molecular weight is 312 g/mol. The summed E-state index contributed by atoms with van der Waals surface area (Å²) in [6, 6.07) is 12.4. The molecule has 1 N–H and O–H groups in total. The number of thiophene rings is 1. The van der Waals surface area contributed by atoms with E-state index in [9.17, 15) is 9.90 Å². The van der Waals surface area contributed by atoms with E-state index >= 15 is 0 Å². The molecule has 0 atom stereocenters. The molecule has 0 saturated carbocycles. The summed E-state index contributed by atoms with van der Waals surface area (Å²) in [6.45, 7) is 2.04. The summed E-state index contributed by atoms with van der Waals surface area (Å²) in [5, 5.41) is 10.7. The maximum atomic E-state index is 12.8. The highest BCUT2D eigenvalue weighted by Gasteiger charge is 2.19. The normalized spacial score (nSPS) is 10.8. The molecule has 0 spiro atoms. The number of carbonyl (C=O) groups is 1. The Labute approximate surface area is 132 Å². The van der Waals surface area contributed by atoms with E-state index in [1.807, 2.05) is 13.0 Å². The molecular weight excluding hydrogens is 296 g/mol. The van der Waals surface area contributed by atoms with Gasteiger partial charge in [0.1, 0.15) is 11.5 Å². The van der Waals surface area contributed by atoms with Crippen LogP contribution >= 0.6 is 11.3 Å². The molecule has 0 radical (unpaired) electrons. The second-order valence-corrected chi connectivity index (χ2v) is 6.05. The first-order valence-corrected chi connectivity index (χ1v) is 7.88. The van der Waals surface area contributed by atoms with Crippen LogP contribution in [0.5, 0.6) is 11.5 Å². The molecule has 22 heavy (non-hydrogen) atoms. The number of benzene rings is 2. The number of aryl methyl sites for hydroxylation is 1. The highest BCUT2D eigenvalue weighted by molar-refractivity contribution is 7.21. The maximum absolute atomic E-state index is 12.8. The van der Waals surface area contributed by atoms with Gasteiger partial charge in [0.15, 0.2) is 0 Å². The van der Waals surface area contributed by atoms with Crippen LogP contribution in [0.4, 0.5) is 0 Å². The van der Waals surface area contributed by atoms with E-state index in [1.54, 1.807) is 43.5 Å². The first-order chi connectivity index (χ1) is 10.6. The SMILES string of the molecule is CCc1c(C(=O)c2ccc(OC)cc2)sc2cc(O)ccc12. The second-order valence-electron chi connectivity index (χ2n) is 5.00. The number of rotatable bonds is 4. The number of phenolic OH excluding ortho intramolecular Hbond substituents is 1. The minimum atomic E-state index is 0.0141. The highest BCUT2D eigenvalue weighted by Crippen LogP contribution is 2.35. The van der Waals surface area contributed by atoms with Gasteiger partial charge in [0.05, 0.1) is 12.0 Å². The number of ether oxygens (including phenoxy) is 1. The van der Waals surface area contributed by atoms with Crippen LogP contribution in [0, 0.1) is 0 Å². The van der Waals surface area contributed by atoms with E-state index in [2.05, 4.69) is 0 Å². The molecule has 0 aliphatic heterocycles. The minimum Gasteiger partial charge on any atom is -0.508 e. The van der Waals surface area contributed by atoms with Crippen molar-refractivity contribution in [2.45, 2.75) is 13.3 Å². The van der Waals surface area contributed by atoms with Crippen LogP contribution in [0.3, 0.4) is 0 Å². The third-order valence-corrected chi connectivity index (χ3v) is 4.88. The fourth-order valence-corrected chi connectivity index (χ4v) is 3.84. The molecule has 0 aliphatic rings. The Bertz CT molecular complexity index is 831. The Kier molecular flexibility index (Phi) is 3.86. The number of phenols is 1. The highest BCUT2D eigenvalue weighted by atomic mass is 32.1. The fraction of sp³-hybridized carbons (Fsp3) is 0.167. The van der Waals surface area contributed by atoms with Crippen molar-refractivity contribution in [2.24, 2.45) is 0 Å². The van der Waals surface area contributed by atoms with Gasteiger partial charge in [0.25, 0.3) is 0 Å². The number of hydrogen-bond donors (Lipinski definition) is 1. The summed E-state index contributed by atoms with van der Waals surface area (Å²) >= 11 is 1.43. The molecule has 0 amide bonds. The summed E-state index contributed by atoms with van der Waals surface area (Å²) < 4.78 is 6.06. The number of fused-ring (bicyclic) bond motifs is 1. The van der Waals surface area contributed by atoms with Crippen molar-refractivity contribution in [1.82, 2.24) is 0 Å². The van der Waals surface area contributed by atoms with E-state index in [0.717, 1.165) is 32.7 Å². The van der Waals surface area contributed by atoms with E-state index in [0.29, 0.717) is 5.56 Å². The van der Waals surface area contributed by atoms with Crippen LogP contribution in [0.25, 0.3) is 10.1 Å². The first kappa shape index (κ1) is 14.6. The summed E-state index contributed by atoms with van der Waals surface area (Å²) in [5.41, 5.74) is 1.69. The van der Waals surface area contributed by atoms with Gasteiger partial charge in [-0.25, -0.2) is 0 Å². The molecule has 3 nitrogen and oxygen atoms in total. The van der Waals surface area contributed by atoms with Crippen LogP contribution in [0.15, 0.2) is 42.5 Å². The van der Waals surface area contributed by atoms with Crippen LogP contribution in [-0.2, 0) is 6.42 Å². The van der Waals surface area contributed by atoms with Crippen molar-refractivity contribution in [2.75, 3.05) is 7.11 Å². The second kappa shape index (κ2) is 5.81. The Morgan fingerprint density at radius 1 is 1.18 bits per heavy atom. The molecule has 0 unspecified atom stereocenters. The molecule has 3 aromatic rings. The lowest BCUT2D eigenvalue weighted by molar-refractivity contribution is 0.104. The van der Waals surface area contributed by atoms with Crippen molar-refractivity contribution in [3.63, 3.8) is 0 Å². The summed E-state index contributed by atoms with van der Waals surface area (Å²) in [6.07, 6.45) is 0.780. The predicted molar refractivity (Wildman–Crippen MR) is 89.3 cm³/mol. The van der Waals surface area contributed by atoms with Gasteiger partial charge in [-0.2, -0.15) is 0 Å². The number of carbonyl (C=O) groups excluding carboxylic acids is 1. The van der Waals surface area contributed by atoms with Crippen LogP contribution < -0.4 is 4.74 Å². The van der Waals surface area contributed by atoms with Gasteiger partial charge in [0.2, 0.25) is 5.78 Å². The molecule has 112 valence electrons. The molecule has 0 fully saturated rings. The zero-order valence-corrected chi connectivity index (χ0v) is 13.2. The van der Waals surface area contributed by atoms with Gasteiger partial charge < -0.3 is 9.84 Å². The predicted octanol–water partition coefficient (Wildman–Crippen LogP) is 4.41. The lowest BCUT2D eigenvalue weighted by Gasteiger charge is -2.03. The van der Waals surface area contributed by atoms with Crippen LogP contribution in [0.1, 0.15) is 27.7 Å². The van der Waals surface area contributed by atoms with E-state index in [4.69, 9.17) is 4.74 Å². The fourth-order valence-electron chi connectivity index (χ4n) is 2.55. The van der Waals surface area contributed by atoms with Crippen molar-refractivity contribution in [3.8, 4) is 11.5 Å². The molecule has 4 heteroatoms. The minimum absolute atomic E-state index is 0.0141. The molecule has 1 heterocycles. The number of aromatic hydroxyl groups is 1. The lowest BCUT2D eigenvalue weighted by Crippen LogP contribution is -2.01. The molecule has 3 rings (SSSR count). The Morgan fingerprint density at radius 2 is 1.91 bits per heavy atom. The van der Waals surface area contributed by atoms with Gasteiger partial charge in [-0.15, -0.1) is 11.3 Å². The summed E-state index contributed by atoms with van der Waals surface area (Å²) in [5.74, 6) is 0.966. The Hall–Kier alpha value is -2.33. The average Bonchev–Trinajstić information content (AvgIpc) is 2.91. The van der Waals surface area contributed by atoms with E-state index < -0.39 is 0 Å². The van der Waals surface area contributed by atoms with Crippen LogP contribution in [-0.4, -0.2) is 18.0 Å². The maximum Gasteiger partial charge on any atom is 0.203 e. The largest absolute Gasteiger partial charge is 0.508 e. The number of hydrogen-bond acceptors (Lipinski definition) is 4. The number of methoxy groups -OCH3 is 1. The van der Waals surface area contributed by atoms with Crippen molar-refractivity contribution < 1.29 is 14.6 Å². The first-order valence-electron chi connectivity index (χ1n) is 7.07. The van der Waals surface area contributed by atoms with E-state index in [1.165, 1.54) is 11.3 Å². The topological polar surface area (TPSA) is 46.5 Å². The van der Waals surface area contributed by atoms with Gasteiger partial charge in [0, 0.05) is 10.3 Å². The number of ketones is 1. The molecule has 1 aromatic heterocycles. The van der Waals surface area contributed by atoms with E-state index in [-0.39, 0.29) is 11.5 Å². The quantitative estimate of drug-likeness (QED) is 0.726. The molecule has 0 bridgehead atoms. The van der Waals surface area contributed by atoms with Gasteiger partial charge in [-0.05, 0) is 59.8 Å². The lowest BCUT2D eigenvalue weighted by atomic mass is 10.0. The molecule has 0 aliphatic carbocycles. The summed E-state index contributed by atoms with van der Waals surface area (Å²) in [4.78, 5) is 13.5. The summed E-state index contributed by atoms with van der Waals surface area (Å²) in [7, 11) is 1.60. The van der Waals surface area contributed by atoms with Crippen molar-refractivity contribution >= 4 is 27.2 Å². The molecule has 0 saturated heterocycles.